The Kier molecular flexibility index (Phi) is 4.33. The molecule has 2 rings (SSSR count). The van der Waals surface area contributed by atoms with E-state index >= 15 is 0 Å². The molecule has 1 heterocycles. The van der Waals surface area contributed by atoms with E-state index in [1.165, 1.54) is 19.4 Å². The lowest BCUT2D eigenvalue weighted by Crippen LogP contribution is -2.35. The molecule has 1 fully saturated rings. The van der Waals surface area contributed by atoms with Gasteiger partial charge in [0.15, 0.2) is 0 Å². The molecular formula is C14H21N3O. The van der Waals surface area contributed by atoms with E-state index in [0.717, 1.165) is 18.7 Å². The van der Waals surface area contributed by atoms with Crippen LogP contribution >= 0.6 is 0 Å². The van der Waals surface area contributed by atoms with E-state index in [4.69, 9.17) is 5.73 Å². The zero-order valence-corrected chi connectivity index (χ0v) is 10.9. The van der Waals surface area contributed by atoms with Crippen molar-refractivity contribution in [2.24, 2.45) is 5.73 Å². The largest absolute Gasteiger partial charge is 0.366 e. The van der Waals surface area contributed by atoms with Crippen molar-refractivity contribution >= 4 is 5.91 Å². The number of rotatable bonds is 5. The Bertz CT molecular complexity index is 419. The van der Waals surface area contributed by atoms with Crippen molar-refractivity contribution in [1.29, 1.82) is 0 Å². The highest BCUT2D eigenvalue weighted by Gasteiger charge is 2.19. The topological polar surface area (TPSA) is 58.4 Å². The molecule has 4 heteroatoms. The van der Waals surface area contributed by atoms with E-state index in [1.54, 1.807) is 6.07 Å². The molecule has 1 amide bonds. The van der Waals surface area contributed by atoms with Gasteiger partial charge < -0.3 is 16.0 Å². The van der Waals surface area contributed by atoms with Gasteiger partial charge in [-0.15, -0.1) is 0 Å². The number of nitrogens with one attached hydrogen (secondary N) is 1. The van der Waals surface area contributed by atoms with Crippen molar-refractivity contribution in [3.8, 4) is 0 Å². The second kappa shape index (κ2) is 5.98. The SMILES string of the molecule is CN1CCCC1CNCc1cccc(C(N)=O)c1. The van der Waals surface area contributed by atoms with Crippen LogP contribution in [0.5, 0.6) is 0 Å². The summed E-state index contributed by atoms with van der Waals surface area (Å²) in [6.45, 7) is 2.98. The fourth-order valence-electron chi connectivity index (χ4n) is 2.45. The summed E-state index contributed by atoms with van der Waals surface area (Å²) in [5.41, 5.74) is 6.94. The minimum absolute atomic E-state index is 0.368. The summed E-state index contributed by atoms with van der Waals surface area (Å²) in [5.74, 6) is -0.368. The number of carbonyl (C=O) groups excluding carboxylic acids is 1. The number of likely N-dealkylation sites (tertiary alicyclic amines) is 1. The van der Waals surface area contributed by atoms with E-state index < -0.39 is 0 Å². The van der Waals surface area contributed by atoms with Crippen LogP contribution in [0.2, 0.25) is 0 Å². The van der Waals surface area contributed by atoms with Crippen LogP contribution in [0, 0.1) is 0 Å². The molecule has 1 aliphatic heterocycles. The number of amides is 1. The molecule has 1 atom stereocenters. The predicted molar refractivity (Wildman–Crippen MR) is 72.3 cm³/mol. The third-order valence-electron chi connectivity index (χ3n) is 3.59. The molecule has 1 unspecified atom stereocenters. The Morgan fingerprint density at radius 1 is 1.56 bits per heavy atom. The quantitative estimate of drug-likeness (QED) is 0.815. The van der Waals surface area contributed by atoms with E-state index in [-0.39, 0.29) is 5.91 Å². The lowest BCUT2D eigenvalue weighted by atomic mass is 10.1. The van der Waals surface area contributed by atoms with Crippen LogP contribution < -0.4 is 11.1 Å². The summed E-state index contributed by atoms with van der Waals surface area (Å²) in [5, 5.41) is 3.45. The van der Waals surface area contributed by atoms with Crippen LogP contribution in [0.3, 0.4) is 0 Å². The molecule has 98 valence electrons. The van der Waals surface area contributed by atoms with Crippen molar-refractivity contribution in [3.05, 3.63) is 35.4 Å². The van der Waals surface area contributed by atoms with Crippen molar-refractivity contribution in [2.75, 3.05) is 20.1 Å². The summed E-state index contributed by atoms with van der Waals surface area (Å²) in [6, 6.07) is 8.13. The zero-order chi connectivity index (χ0) is 13.0. The van der Waals surface area contributed by atoms with Crippen LogP contribution in [0.1, 0.15) is 28.8 Å². The van der Waals surface area contributed by atoms with Crippen LogP contribution in [-0.2, 0) is 6.54 Å². The van der Waals surface area contributed by atoms with Crippen molar-refractivity contribution < 1.29 is 4.79 Å². The molecule has 18 heavy (non-hydrogen) atoms. The average Bonchev–Trinajstić information content (AvgIpc) is 2.76. The van der Waals surface area contributed by atoms with Gasteiger partial charge in [-0.1, -0.05) is 12.1 Å². The lowest BCUT2D eigenvalue weighted by molar-refractivity contribution is 0.1000. The molecule has 1 aromatic rings. The van der Waals surface area contributed by atoms with Gasteiger partial charge in [0.1, 0.15) is 0 Å². The number of nitrogens with zero attached hydrogens (tertiary/aromatic N) is 1. The molecule has 0 aromatic heterocycles. The molecule has 1 aliphatic rings. The van der Waals surface area contributed by atoms with Gasteiger partial charge in [0.2, 0.25) is 5.91 Å². The van der Waals surface area contributed by atoms with Crippen LogP contribution in [0.25, 0.3) is 0 Å². The van der Waals surface area contributed by atoms with E-state index in [2.05, 4.69) is 17.3 Å². The van der Waals surface area contributed by atoms with Crippen molar-refractivity contribution in [3.63, 3.8) is 0 Å². The molecule has 0 saturated carbocycles. The summed E-state index contributed by atoms with van der Waals surface area (Å²) in [7, 11) is 2.17. The number of primary amides is 1. The number of hydrogen-bond donors (Lipinski definition) is 2. The first kappa shape index (κ1) is 13.1. The minimum atomic E-state index is -0.368. The predicted octanol–water partition coefficient (Wildman–Crippen LogP) is 0.969. The normalized spacial score (nSPS) is 20.2. The maximum absolute atomic E-state index is 11.1. The minimum Gasteiger partial charge on any atom is -0.366 e. The zero-order valence-electron chi connectivity index (χ0n) is 10.9. The second-order valence-corrected chi connectivity index (χ2v) is 4.97. The first-order valence-corrected chi connectivity index (χ1v) is 6.46. The molecule has 3 N–H and O–H groups in total. The third-order valence-corrected chi connectivity index (χ3v) is 3.59. The molecule has 0 radical (unpaired) electrons. The summed E-state index contributed by atoms with van der Waals surface area (Å²) in [4.78, 5) is 13.5. The van der Waals surface area contributed by atoms with Crippen LogP contribution in [0.15, 0.2) is 24.3 Å². The van der Waals surface area contributed by atoms with Crippen LogP contribution in [0.4, 0.5) is 0 Å². The molecule has 4 nitrogen and oxygen atoms in total. The molecule has 0 aliphatic carbocycles. The number of hydrogen-bond acceptors (Lipinski definition) is 3. The third kappa shape index (κ3) is 3.31. The Morgan fingerprint density at radius 2 is 2.39 bits per heavy atom. The Balaban J connectivity index is 1.83. The fourth-order valence-corrected chi connectivity index (χ4v) is 2.45. The number of likely N-dealkylation sites (N-methyl/N-ethyl adjacent to an activating group) is 1. The van der Waals surface area contributed by atoms with Gasteiger partial charge in [0, 0.05) is 24.7 Å². The summed E-state index contributed by atoms with van der Waals surface area (Å²) in [6.07, 6.45) is 2.56. The monoisotopic (exact) mass is 247 g/mol. The maximum Gasteiger partial charge on any atom is 0.248 e. The molecule has 1 saturated heterocycles. The Hall–Kier alpha value is -1.39. The van der Waals surface area contributed by atoms with Crippen molar-refractivity contribution in [1.82, 2.24) is 10.2 Å². The van der Waals surface area contributed by atoms with Gasteiger partial charge >= 0.3 is 0 Å². The van der Waals surface area contributed by atoms with Gasteiger partial charge in [-0.05, 0) is 44.1 Å². The summed E-state index contributed by atoms with van der Waals surface area (Å²) >= 11 is 0. The standard InChI is InChI=1S/C14H21N3O/c1-17-7-3-6-13(17)10-16-9-11-4-2-5-12(8-11)14(15)18/h2,4-5,8,13,16H,3,6-7,9-10H2,1H3,(H2,15,18). The first-order chi connectivity index (χ1) is 8.66. The fraction of sp³-hybridized carbons (Fsp3) is 0.500. The highest BCUT2D eigenvalue weighted by atomic mass is 16.1. The second-order valence-electron chi connectivity index (χ2n) is 4.97. The number of nitrogens with two attached hydrogens (primary N) is 1. The average molecular weight is 247 g/mol. The first-order valence-electron chi connectivity index (χ1n) is 6.46. The number of benzene rings is 1. The molecular weight excluding hydrogens is 226 g/mol. The lowest BCUT2D eigenvalue weighted by Gasteiger charge is -2.19. The maximum atomic E-state index is 11.1. The van der Waals surface area contributed by atoms with Crippen LogP contribution in [-0.4, -0.2) is 37.0 Å². The highest BCUT2D eigenvalue weighted by molar-refractivity contribution is 5.92. The highest BCUT2D eigenvalue weighted by Crippen LogP contribution is 2.13. The smallest absolute Gasteiger partial charge is 0.248 e. The van der Waals surface area contributed by atoms with E-state index in [9.17, 15) is 4.79 Å². The van der Waals surface area contributed by atoms with Gasteiger partial charge in [-0.25, -0.2) is 0 Å². The van der Waals surface area contributed by atoms with E-state index in [0.29, 0.717) is 11.6 Å². The molecule has 0 bridgehead atoms. The van der Waals surface area contributed by atoms with Gasteiger partial charge in [-0.3, -0.25) is 4.79 Å². The van der Waals surface area contributed by atoms with E-state index in [1.807, 2.05) is 18.2 Å². The van der Waals surface area contributed by atoms with Crippen molar-refractivity contribution in [2.45, 2.75) is 25.4 Å². The molecule has 1 aromatic carbocycles. The summed E-state index contributed by atoms with van der Waals surface area (Å²) < 4.78 is 0. The van der Waals surface area contributed by atoms with Gasteiger partial charge in [0.05, 0.1) is 0 Å². The van der Waals surface area contributed by atoms with Gasteiger partial charge in [0.25, 0.3) is 0 Å². The number of carbonyl (C=O) groups is 1. The Labute approximate surface area is 108 Å². The molecule has 0 spiro atoms. The Morgan fingerprint density at radius 3 is 3.06 bits per heavy atom. The van der Waals surface area contributed by atoms with Gasteiger partial charge in [-0.2, -0.15) is 0 Å².